The molecule has 0 fully saturated rings. The van der Waals surface area contributed by atoms with Crippen LogP contribution < -0.4 is 5.32 Å². The standard InChI is InChI=1S/C12H16BrF2N/c1-9-10(4-3-5-11(9)13)6-7-16-8-12(2,14)15/h3-5,16H,6-8H2,1-2H3. The maximum Gasteiger partial charge on any atom is 0.257 e. The highest BCUT2D eigenvalue weighted by Crippen LogP contribution is 2.19. The molecule has 0 aliphatic rings. The van der Waals surface area contributed by atoms with E-state index in [2.05, 4.69) is 21.2 Å². The summed E-state index contributed by atoms with van der Waals surface area (Å²) >= 11 is 3.45. The lowest BCUT2D eigenvalue weighted by Gasteiger charge is -2.12. The molecule has 1 nitrogen and oxygen atoms in total. The minimum atomic E-state index is -2.63. The van der Waals surface area contributed by atoms with E-state index >= 15 is 0 Å². The average Bonchev–Trinajstić information content (AvgIpc) is 2.17. The van der Waals surface area contributed by atoms with Crippen LogP contribution in [0.15, 0.2) is 22.7 Å². The number of halogens is 3. The van der Waals surface area contributed by atoms with Crippen molar-refractivity contribution in [2.24, 2.45) is 0 Å². The first-order chi connectivity index (χ1) is 7.40. The Morgan fingerprint density at radius 3 is 2.69 bits per heavy atom. The molecule has 1 aromatic carbocycles. The largest absolute Gasteiger partial charge is 0.311 e. The van der Waals surface area contributed by atoms with Crippen molar-refractivity contribution in [3.63, 3.8) is 0 Å². The molecule has 0 heterocycles. The van der Waals surface area contributed by atoms with Gasteiger partial charge in [0, 0.05) is 11.4 Å². The van der Waals surface area contributed by atoms with Crippen molar-refractivity contribution in [2.45, 2.75) is 26.2 Å². The third-order valence-electron chi connectivity index (χ3n) is 2.39. The molecular weight excluding hydrogens is 276 g/mol. The summed E-state index contributed by atoms with van der Waals surface area (Å²) in [5.41, 5.74) is 2.36. The smallest absolute Gasteiger partial charge is 0.257 e. The van der Waals surface area contributed by atoms with Crippen LogP contribution in [0, 0.1) is 6.92 Å². The van der Waals surface area contributed by atoms with Gasteiger partial charge in [0.1, 0.15) is 0 Å². The van der Waals surface area contributed by atoms with E-state index in [1.807, 2.05) is 25.1 Å². The van der Waals surface area contributed by atoms with Crippen LogP contribution in [0.3, 0.4) is 0 Å². The summed E-state index contributed by atoms with van der Waals surface area (Å²) in [6.45, 7) is 3.25. The fraction of sp³-hybridized carbons (Fsp3) is 0.500. The van der Waals surface area contributed by atoms with Crippen molar-refractivity contribution >= 4 is 15.9 Å². The number of alkyl halides is 2. The molecule has 1 rings (SSSR count). The van der Waals surface area contributed by atoms with Gasteiger partial charge in [-0.1, -0.05) is 28.1 Å². The highest BCUT2D eigenvalue weighted by atomic mass is 79.9. The summed E-state index contributed by atoms with van der Waals surface area (Å²) in [4.78, 5) is 0. The molecule has 16 heavy (non-hydrogen) atoms. The second kappa shape index (κ2) is 5.73. The Bertz CT molecular complexity index is 347. The van der Waals surface area contributed by atoms with Crippen molar-refractivity contribution in [2.75, 3.05) is 13.1 Å². The second-order valence-electron chi connectivity index (χ2n) is 4.02. The number of rotatable bonds is 5. The summed E-state index contributed by atoms with van der Waals surface area (Å²) in [5, 5.41) is 2.76. The van der Waals surface area contributed by atoms with Crippen LogP contribution in [-0.2, 0) is 6.42 Å². The van der Waals surface area contributed by atoms with Gasteiger partial charge in [-0.15, -0.1) is 0 Å². The normalized spacial score (nSPS) is 11.8. The van der Waals surface area contributed by atoms with E-state index in [-0.39, 0.29) is 6.54 Å². The zero-order chi connectivity index (χ0) is 12.2. The van der Waals surface area contributed by atoms with Gasteiger partial charge in [0.25, 0.3) is 5.92 Å². The molecule has 0 saturated carbocycles. The van der Waals surface area contributed by atoms with Gasteiger partial charge < -0.3 is 5.32 Å². The molecule has 0 aromatic heterocycles. The Kier molecular flexibility index (Phi) is 4.87. The topological polar surface area (TPSA) is 12.0 Å². The highest BCUT2D eigenvalue weighted by Gasteiger charge is 2.19. The maximum atomic E-state index is 12.5. The van der Waals surface area contributed by atoms with Crippen LogP contribution in [-0.4, -0.2) is 19.0 Å². The van der Waals surface area contributed by atoms with Gasteiger partial charge in [-0.2, -0.15) is 0 Å². The van der Waals surface area contributed by atoms with E-state index in [1.165, 1.54) is 11.1 Å². The van der Waals surface area contributed by atoms with Gasteiger partial charge in [0.05, 0.1) is 6.54 Å². The van der Waals surface area contributed by atoms with E-state index in [0.29, 0.717) is 6.54 Å². The van der Waals surface area contributed by atoms with E-state index in [1.54, 1.807) is 0 Å². The van der Waals surface area contributed by atoms with Gasteiger partial charge in [0.2, 0.25) is 0 Å². The maximum absolute atomic E-state index is 12.5. The van der Waals surface area contributed by atoms with Crippen LogP contribution in [0.1, 0.15) is 18.1 Å². The zero-order valence-corrected chi connectivity index (χ0v) is 11.1. The number of hydrogen-bond donors (Lipinski definition) is 1. The Morgan fingerprint density at radius 2 is 2.06 bits per heavy atom. The van der Waals surface area contributed by atoms with Crippen LogP contribution in [0.2, 0.25) is 0 Å². The van der Waals surface area contributed by atoms with Crippen LogP contribution in [0.25, 0.3) is 0 Å². The summed E-state index contributed by atoms with van der Waals surface area (Å²) in [7, 11) is 0. The van der Waals surface area contributed by atoms with Crippen molar-refractivity contribution < 1.29 is 8.78 Å². The molecule has 0 unspecified atom stereocenters. The fourth-order valence-corrected chi connectivity index (χ4v) is 1.86. The molecule has 90 valence electrons. The molecule has 1 aromatic rings. The molecule has 0 aliphatic carbocycles. The van der Waals surface area contributed by atoms with Gasteiger partial charge in [-0.3, -0.25) is 0 Å². The molecule has 0 radical (unpaired) electrons. The molecule has 0 aliphatic heterocycles. The molecule has 0 atom stereocenters. The lowest BCUT2D eigenvalue weighted by molar-refractivity contribution is 0.0230. The SMILES string of the molecule is Cc1c(Br)cccc1CCNCC(C)(F)F. The first kappa shape index (κ1) is 13.6. The highest BCUT2D eigenvalue weighted by molar-refractivity contribution is 9.10. The van der Waals surface area contributed by atoms with Gasteiger partial charge in [0.15, 0.2) is 0 Å². The third kappa shape index (κ3) is 4.58. The summed E-state index contributed by atoms with van der Waals surface area (Å²) in [6.07, 6.45) is 0.765. The van der Waals surface area contributed by atoms with Gasteiger partial charge in [-0.05, 0) is 37.1 Å². The minimum Gasteiger partial charge on any atom is -0.311 e. The van der Waals surface area contributed by atoms with E-state index in [0.717, 1.165) is 17.8 Å². The van der Waals surface area contributed by atoms with Crippen LogP contribution in [0.5, 0.6) is 0 Å². The summed E-state index contributed by atoms with van der Waals surface area (Å²) in [6, 6.07) is 5.96. The van der Waals surface area contributed by atoms with Crippen molar-refractivity contribution in [1.82, 2.24) is 5.32 Å². The van der Waals surface area contributed by atoms with Crippen molar-refractivity contribution in [3.8, 4) is 0 Å². The van der Waals surface area contributed by atoms with Gasteiger partial charge in [-0.25, -0.2) is 8.78 Å². The fourth-order valence-electron chi connectivity index (χ4n) is 1.45. The van der Waals surface area contributed by atoms with E-state index in [4.69, 9.17) is 0 Å². The Balaban J connectivity index is 2.41. The Hall–Kier alpha value is -0.480. The molecule has 4 heteroatoms. The Morgan fingerprint density at radius 1 is 1.38 bits per heavy atom. The first-order valence-corrected chi connectivity index (χ1v) is 6.02. The zero-order valence-electron chi connectivity index (χ0n) is 9.49. The molecule has 0 spiro atoms. The molecule has 0 amide bonds. The lowest BCUT2D eigenvalue weighted by atomic mass is 10.1. The predicted molar refractivity (Wildman–Crippen MR) is 66.1 cm³/mol. The predicted octanol–water partition coefficient (Wildman–Crippen LogP) is 3.54. The van der Waals surface area contributed by atoms with E-state index < -0.39 is 5.92 Å². The number of hydrogen-bond acceptors (Lipinski definition) is 1. The van der Waals surface area contributed by atoms with Crippen molar-refractivity contribution in [3.05, 3.63) is 33.8 Å². The molecule has 0 bridgehead atoms. The van der Waals surface area contributed by atoms with Gasteiger partial charge >= 0.3 is 0 Å². The van der Waals surface area contributed by atoms with Crippen molar-refractivity contribution in [1.29, 1.82) is 0 Å². The minimum absolute atomic E-state index is 0.264. The molecule has 1 N–H and O–H groups in total. The number of benzene rings is 1. The van der Waals surface area contributed by atoms with E-state index in [9.17, 15) is 8.78 Å². The van der Waals surface area contributed by atoms with Crippen LogP contribution >= 0.6 is 15.9 Å². The first-order valence-electron chi connectivity index (χ1n) is 5.23. The Labute approximate surface area is 103 Å². The monoisotopic (exact) mass is 291 g/mol. The molecule has 0 saturated heterocycles. The lowest BCUT2D eigenvalue weighted by Crippen LogP contribution is -2.31. The average molecular weight is 292 g/mol. The number of nitrogens with one attached hydrogen (secondary N) is 1. The third-order valence-corrected chi connectivity index (χ3v) is 3.25. The summed E-state index contributed by atoms with van der Waals surface area (Å²) < 4.78 is 26.1. The summed E-state index contributed by atoms with van der Waals surface area (Å²) in [5.74, 6) is -2.63. The molecular formula is C12H16BrF2N. The van der Waals surface area contributed by atoms with Crippen LogP contribution in [0.4, 0.5) is 8.78 Å². The quantitative estimate of drug-likeness (QED) is 0.818. The second-order valence-corrected chi connectivity index (χ2v) is 4.88.